The van der Waals surface area contributed by atoms with Crippen molar-refractivity contribution in [2.45, 2.75) is 82.7 Å². The van der Waals surface area contributed by atoms with E-state index in [4.69, 9.17) is 0 Å². The van der Waals surface area contributed by atoms with Crippen LogP contribution in [0, 0.1) is 5.92 Å². The van der Waals surface area contributed by atoms with E-state index in [1.807, 2.05) is 23.1 Å². The van der Waals surface area contributed by atoms with Gasteiger partial charge < -0.3 is 15.5 Å². The van der Waals surface area contributed by atoms with Crippen LogP contribution in [0.2, 0.25) is 0 Å². The molecule has 1 atom stereocenters. The second-order valence-electron chi connectivity index (χ2n) is 8.79. The van der Waals surface area contributed by atoms with Crippen molar-refractivity contribution in [2.75, 3.05) is 17.2 Å². The van der Waals surface area contributed by atoms with Gasteiger partial charge in [-0.2, -0.15) is 0 Å². The van der Waals surface area contributed by atoms with E-state index in [2.05, 4.69) is 16.7 Å². The summed E-state index contributed by atoms with van der Waals surface area (Å²) in [4.78, 5) is 27.3. The molecule has 152 valence electrons. The lowest BCUT2D eigenvalue weighted by Gasteiger charge is -2.27. The van der Waals surface area contributed by atoms with Crippen molar-refractivity contribution in [1.82, 2.24) is 4.90 Å². The lowest BCUT2D eigenvalue weighted by atomic mass is 10.1. The van der Waals surface area contributed by atoms with Gasteiger partial charge in [0.1, 0.15) is 0 Å². The maximum Gasteiger partial charge on any atom is 0.229 e. The molecule has 1 saturated heterocycles. The minimum atomic E-state index is -0.234. The van der Waals surface area contributed by atoms with Crippen LogP contribution >= 0.6 is 0 Å². The average Bonchev–Trinajstić information content (AvgIpc) is 3.24. The lowest BCUT2D eigenvalue weighted by Crippen LogP contribution is -2.37. The molecule has 1 aliphatic heterocycles. The summed E-state index contributed by atoms with van der Waals surface area (Å²) >= 11 is 0. The zero-order valence-corrected chi connectivity index (χ0v) is 16.8. The van der Waals surface area contributed by atoms with Crippen molar-refractivity contribution in [1.29, 1.82) is 0 Å². The number of anilines is 2. The molecule has 0 bridgehead atoms. The van der Waals surface area contributed by atoms with Crippen molar-refractivity contribution >= 4 is 23.2 Å². The number of amides is 2. The molecule has 0 radical (unpaired) electrons. The third kappa shape index (κ3) is 4.68. The minimum Gasteiger partial charge on any atom is -0.382 e. The maximum atomic E-state index is 12.8. The fraction of sp³-hybridized carbons (Fsp3) is 0.652. The van der Waals surface area contributed by atoms with Crippen molar-refractivity contribution in [3.63, 3.8) is 0 Å². The molecular weight excluding hydrogens is 350 g/mol. The largest absolute Gasteiger partial charge is 0.382 e. The molecule has 0 unspecified atom stereocenters. The van der Waals surface area contributed by atoms with Gasteiger partial charge in [0.15, 0.2) is 0 Å². The first-order valence-electron chi connectivity index (χ1n) is 11.2. The number of benzene rings is 1. The molecule has 5 heteroatoms. The SMILES string of the molecule is O=C(Nc1cccc(NC2CCCC2)c1)[C@@H]1CC(=O)N(C2CCCCCC2)C1. The first-order chi connectivity index (χ1) is 13.7. The minimum absolute atomic E-state index is 0.0255. The topological polar surface area (TPSA) is 61.4 Å². The Hall–Kier alpha value is -2.04. The second-order valence-corrected chi connectivity index (χ2v) is 8.79. The van der Waals surface area contributed by atoms with Crippen LogP contribution in [-0.4, -0.2) is 35.3 Å². The van der Waals surface area contributed by atoms with Gasteiger partial charge in [-0.15, -0.1) is 0 Å². The third-order valence-electron chi connectivity index (χ3n) is 6.65. The van der Waals surface area contributed by atoms with Crippen molar-refractivity contribution < 1.29 is 9.59 Å². The molecule has 2 amide bonds. The number of hydrogen-bond acceptors (Lipinski definition) is 3. The molecule has 2 aliphatic carbocycles. The smallest absolute Gasteiger partial charge is 0.229 e. The Labute approximate surface area is 168 Å². The van der Waals surface area contributed by atoms with E-state index in [1.165, 1.54) is 51.4 Å². The molecule has 0 aromatic heterocycles. The van der Waals surface area contributed by atoms with Crippen LogP contribution in [0.1, 0.15) is 70.6 Å². The number of likely N-dealkylation sites (tertiary alicyclic amines) is 1. The Bertz CT molecular complexity index is 691. The van der Waals surface area contributed by atoms with Crippen LogP contribution in [0.3, 0.4) is 0 Å². The Morgan fingerprint density at radius 1 is 0.929 bits per heavy atom. The Balaban J connectivity index is 1.34. The Morgan fingerprint density at radius 3 is 2.36 bits per heavy atom. The van der Waals surface area contributed by atoms with Gasteiger partial charge in [-0.3, -0.25) is 9.59 Å². The van der Waals surface area contributed by atoms with E-state index in [0.29, 0.717) is 25.0 Å². The molecule has 1 heterocycles. The zero-order valence-electron chi connectivity index (χ0n) is 16.8. The van der Waals surface area contributed by atoms with Crippen LogP contribution in [0.15, 0.2) is 24.3 Å². The quantitative estimate of drug-likeness (QED) is 0.733. The monoisotopic (exact) mass is 383 g/mol. The van der Waals surface area contributed by atoms with E-state index >= 15 is 0 Å². The van der Waals surface area contributed by atoms with Gasteiger partial charge >= 0.3 is 0 Å². The normalized spacial score (nSPS) is 24.4. The van der Waals surface area contributed by atoms with Crippen LogP contribution in [-0.2, 0) is 9.59 Å². The summed E-state index contributed by atoms with van der Waals surface area (Å²) in [5.74, 6) is -0.103. The zero-order chi connectivity index (χ0) is 19.3. The van der Waals surface area contributed by atoms with Gasteiger partial charge in [-0.1, -0.05) is 44.6 Å². The molecule has 3 aliphatic rings. The lowest BCUT2D eigenvalue weighted by molar-refractivity contribution is -0.130. The highest BCUT2D eigenvalue weighted by Crippen LogP contribution is 2.29. The van der Waals surface area contributed by atoms with Gasteiger partial charge in [0.05, 0.1) is 5.92 Å². The van der Waals surface area contributed by atoms with Crippen molar-refractivity contribution in [3.05, 3.63) is 24.3 Å². The average molecular weight is 384 g/mol. The van der Waals surface area contributed by atoms with Gasteiger partial charge in [-0.05, 0) is 43.9 Å². The molecule has 4 rings (SSSR count). The van der Waals surface area contributed by atoms with E-state index in [1.54, 1.807) is 0 Å². The molecule has 5 nitrogen and oxygen atoms in total. The summed E-state index contributed by atoms with van der Waals surface area (Å²) < 4.78 is 0. The fourth-order valence-electron chi connectivity index (χ4n) is 5.07. The van der Waals surface area contributed by atoms with Gasteiger partial charge in [0, 0.05) is 36.4 Å². The summed E-state index contributed by atoms with van der Waals surface area (Å²) in [7, 11) is 0. The van der Waals surface area contributed by atoms with E-state index in [9.17, 15) is 9.59 Å². The Kier molecular flexibility index (Phi) is 6.18. The predicted molar refractivity (Wildman–Crippen MR) is 112 cm³/mol. The molecule has 3 fully saturated rings. The third-order valence-corrected chi connectivity index (χ3v) is 6.65. The van der Waals surface area contributed by atoms with E-state index < -0.39 is 0 Å². The molecule has 2 N–H and O–H groups in total. The number of nitrogens with zero attached hydrogens (tertiary/aromatic N) is 1. The molecule has 1 aromatic carbocycles. The number of rotatable bonds is 5. The Morgan fingerprint density at radius 2 is 1.61 bits per heavy atom. The number of nitrogens with one attached hydrogen (secondary N) is 2. The fourth-order valence-corrected chi connectivity index (χ4v) is 5.07. The van der Waals surface area contributed by atoms with E-state index in [-0.39, 0.29) is 17.7 Å². The summed E-state index contributed by atoms with van der Waals surface area (Å²) in [5, 5.41) is 6.62. The highest BCUT2D eigenvalue weighted by atomic mass is 16.2. The molecule has 0 spiro atoms. The summed E-state index contributed by atoms with van der Waals surface area (Å²) in [6, 6.07) is 8.86. The molecule has 1 aromatic rings. The van der Waals surface area contributed by atoms with Gasteiger partial charge in [0.2, 0.25) is 11.8 Å². The molecule has 2 saturated carbocycles. The van der Waals surface area contributed by atoms with Gasteiger partial charge in [0.25, 0.3) is 0 Å². The van der Waals surface area contributed by atoms with E-state index in [0.717, 1.165) is 24.2 Å². The maximum absolute atomic E-state index is 12.8. The van der Waals surface area contributed by atoms with Crippen molar-refractivity contribution in [2.24, 2.45) is 5.92 Å². The highest BCUT2D eigenvalue weighted by molar-refractivity contribution is 5.97. The second kappa shape index (κ2) is 8.97. The summed E-state index contributed by atoms with van der Waals surface area (Å²) in [6.07, 6.45) is 12.5. The van der Waals surface area contributed by atoms with Crippen LogP contribution in [0.25, 0.3) is 0 Å². The number of carbonyl (C=O) groups is 2. The highest BCUT2D eigenvalue weighted by Gasteiger charge is 2.37. The molecular formula is C23H33N3O2. The van der Waals surface area contributed by atoms with Crippen LogP contribution in [0.4, 0.5) is 11.4 Å². The first kappa shape index (κ1) is 19.3. The van der Waals surface area contributed by atoms with Gasteiger partial charge in [-0.25, -0.2) is 0 Å². The van der Waals surface area contributed by atoms with Crippen molar-refractivity contribution in [3.8, 4) is 0 Å². The number of carbonyl (C=O) groups excluding carboxylic acids is 2. The molecule has 28 heavy (non-hydrogen) atoms. The summed E-state index contributed by atoms with van der Waals surface area (Å²) in [5.41, 5.74) is 1.88. The number of hydrogen-bond donors (Lipinski definition) is 2. The van der Waals surface area contributed by atoms with Crippen LogP contribution < -0.4 is 10.6 Å². The first-order valence-corrected chi connectivity index (χ1v) is 11.2. The summed E-state index contributed by atoms with van der Waals surface area (Å²) in [6.45, 7) is 0.579. The standard InChI is InChI=1S/C23H33N3O2/c27-22-14-17(16-26(22)21-12-3-1-2-4-13-21)23(28)25-20-11-7-10-19(15-20)24-18-8-5-6-9-18/h7,10-11,15,17-18,21,24H,1-6,8-9,12-14,16H2,(H,25,28)/t17-/m1/s1. The predicted octanol–water partition coefficient (Wildman–Crippen LogP) is 4.55. The van der Waals surface area contributed by atoms with Crippen LogP contribution in [0.5, 0.6) is 0 Å².